The third-order valence-electron chi connectivity index (χ3n) is 8.98. The van der Waals surface area contributed by atoms with E-state index in [9.17, 15) is 22.8 Å². The summed E-state index contributed by atoms with van der Waals surface area (Å²) in [6.45, 7) is 12.3. The Bertz CT molecular complexity index is 1510. The van der Waals surface area contributed by atoms with Gasteiger partial charge in [0.2, 0.25) is 0 Å². The molecule has 5 rings (SSSR count). The van der Waals surface area contributed by atoms with Gasteiger partial charge in [0.25, 0.3) is 5.91 Å². The number of anilines is 1. The van der Waals surface area contributed by atoms with E-state index in [4.69, 9.17) is 10.7 Å². The van der Waals surface area contributed by atoms with Crippen LogP contribution in [-0.2, 0) is 23.9 Å². The van der Waals surface area contributed by atoms with Crippen molar-refractivity contribution >= 4 is 17.4 Å². The number of alkyl halides is 3. The van der Waals surface area contributed by atoms with Crippen molar-refractivity contribution in [3.05, 3.63) is 77.4 Å². The van der Waals surface area contributed by atoms with E-state index in [1.807, 2.05) is 20.8 Å². The molecule has 0 radical (unpaired) electrons. The molecule has 1 aliphatic heterocycles. The fourth-order valence-corrected chi connectivity index (χ4v) is 5.93. The molecule has 10 heteroatoms. The molecule has 7 nitrogen and oxygen atoms in total. The van der Waals surface area contributed by atoms with Gasteiger partial charge in [0.15, 0.2) is 5.78 Å². The number of aromatic nitrogens is 3. The maximum atomic E-state index is 13.5. The van der Waals surface area contributed by atoms with E-state index >= 15 is 0 Å². The molecular formula is C35H44F3N5O2. The van der Waals surface area contributed by atoms with E-state index in [0.29, 0.717) is 25.4 Å². The summed E-state index contributed by atoms with van der Waals surface area (Å²) in [6.07, 6.45) is 4.73. The summed E-state index contributed by atoms with van der Waals surface area (Å²) < 4.78 is 41.4. The molecule has 3 heterocycles. The molecule has 1 amide bonds. The van der Waals surface area contributed by atoms with E-state index in [0.717, 1.165) is 54.3 Å². The maximum absolute atomic E-state index is 13.5. The lowest BCUT2D eigenvalue weighted by Gasteiger charge is -2.37. The molecule has 2 N–H and O–H groups in total. The second-order valence-electron chi connectivity index (χ2n) is 11.9. The molecule has 1 aromatic carbocycles. The molecule has 0 spiro atoms. The highest BCUT2D eigenvalue weighted by atomic mass is 19.4. The number of ketones is 1. The van der Waals surface area contributed by atoms with Gasteiger partial charge in [0, 0.05) is 36.5 Å². The fourth-order valence-electron chi connectivity index (χ4n) is 5.93. The quantitative estimate of drug-likeness (QED) is 0.243. The Morgan fingerprint density at radius 3 is 2.31 bits per heavy atom. The van der Waals surface area contributed by atoms with Gasteiger partial charge in [-0.3, -0.25) is 14.6 Å². The van der Waals surface area contributed by atoms with Crippen molar-refractivity contribution in [2.75, 3.05) is 12.3 Å². The number of rotatable bonds is 9. The van der Waals surface area contributed by atoms with Crippen LogP contribution in [0.5, 0.6) is 0 Å². The number of nitrogen functional groups attached to an aromatic ring is 1. The molecule has 2 atom stereocenters. The zero-order valence-electron chi connectivity index (χ0n) is 26.7. The lowest BCUT2D eigenvalue weighted by atomic mass is 9.80. The molecule has 3 aromatic rings. The van der Waals surface area contributed by atoms with Crippen molar-refractivity contribution in [3.63, 3.8) is 0 Å². The van der Waals surface area contributed by atoms with Crippen LogP contribution in [0, 0.1) is 5.92 Å². The fraction of sp³-hybridized carbons (Fsp3) is 0.486. The van der Waals surface area contributed by atoms with E-state index in [1.54, 1.807) is 4.90 Å². The van der Waals surface area contributed by atoms with Crippen LogP contribution in [0.15, 0.2) is 49.2 Å². The average Bonchev–Trinajstić information content (AvgIpc) is 3.37. The Morgan fingerprint density at radius 1 is 1.13 bits per heavy atom. The minimum Gasteiger partial charge on any atom is -0.398 e. The van der Waals surface area contributed by atoms with E-state index in [-0.39, 0.29) is 29.0 Å². The number of halogens is 3. The summed E-state index contributed by atoms with van der Waals surface area (Å²) in [7, 11) is 0. The van der Waals surface area contributed by atoms with Gasteiger partial charge in [-0.05, 0) is 55.7 Å². The number of amides is 1. The average molecular weight is 624 g/mol. The highest BCUT2D eigenvalue weighted by Gasteiger charge is 2.37. The van der Waals surface area contributed by atoms with Crippen molar-refractivity contribution in [1.29, 1.82) is 0 Å². The Morgan fingerprint density at radius 2 is 1.82 bits per heavy atom. The Kier molecular flexibility index (Phi) is 10.9. The largest absolute Gasteiger partial charge is 0.433 e. The predicted molar refractivity (Wildman–Crippen MR) is 171 cm³/mol. The molecule has 0 saturated heterocycles. The molecule has 242 valence electrons. The molecule has 1 aliphatic carbocycles. The molecule has 2 aromatic heterocycles. The van der Waals surface area contributed by atoms with Crippen LogP contribution in [-0.4, -0.2) is 37.7 Å². The first-order valence-electron chi connectivity index (χ1n) is 15.9. The lowest BCUT2D eigenvalue weighted by molar-refractivity contribution is -0.141. The first-order valence-corrected chi connectivity index (χ1v) is 15.9. The van der Waals surface area contributed by atoms with Crippen molar-refractivity contribution < 1.29 is 22.8 Å². The highest BCUT2D eigenvalue weighted by molar-refractivity contribution is 5.99. The van der Waals surface area contributed by atoms with Gasteiger partial charge in [-0.15, -0.1) is 0 Å². The van der Waals surface area contributed by atoms with Gasteiger partial charge in [-0.1, -0.05) is 71.4 Å². The van der Waals surface area contributed by atoms with E-state index < -0.39 is 17.8 Å². The van der Waals surface area contributed by atoms with Crippen LogP contribution in [0.3, 0.4) is 0 Å². The Labute approximate surface area is 263 Å². The third-order valence-corrected chi connectivity index (χ3v) is 8.98. The van der Waals surface area contributed by atoms with Crippen LogP contribution >= 0.6 is 0 Å². The number of hydrogen-bond donors (Lipinski definition) is 1. The van der Waals surface area contributed by atoms with Crippen LogP contribution in [0.1, 0.15) is 111 Å². The number of nitrogens with zero attached hydrogens (tertiary/aromatic N) is 4. The van der Waals surface area contributed by atoms with Gasteiger partial charge in [0.1, 0.15) is 11.5 Å². The number of carbonyl (C=O) groups excluding carboxylic acids is 2. The third kappa shape index (κ3) is 7.31. The number of benzene rings is 1. The second-order valence-corrected chi connectivity index (χ2v) is 11.9. The van der Waals surface area contributed by atoms with Crippen molar-refractivity contribution in [2.45, 2.75) is 97.3 Å². The molecule has 0 bridgehead atoms. The normalized spacial score (nSPS) is 17.0. The van der Waals surface area contributed by atoms with Gasteiger partial charge in [0.05, 0.1) is 23.0 Å². The maximum Gasteiger partial charge on any atom is 0.433 e. The first-order chi connectivity index (χ1) is 21.4. The first kappa shape index (κ1) is 33.9. The van der Waals surface area contributed by atoms with Crippen molar-refractivity contribution in [1.82, 2.24) is 19.4 Å². The summed E-state index contributed by atoms with van der Waals surface area (Å²) in [5, 5.41) is 0. The van der Waals surface area contributed by atoms with Crippen molar-refractivity contribution in [2.24, 2.45) is 5.92 Å². The molecule has 2 aliphatic rings. The van der Waals surface area contributed by atoms with Gasteiger partial charge >= 0.3 is 6.18 Å². The van der Waals surface area contributed by atoms with Crippen LogP contribution in [0.25, 0.3) is 11.4 Å². The molecule has 1 fully saturated rings. The van der Waals surface area contributed by atoms with Crippen LogP contribution < -0.4 is 5.73 Å². The van der Waals surface area contributed by atoms with Gasteiger partial charge in [-0.25, -0.2) is 4.98 Å². The lowest BCUT2D eigenvalue weighted by Crippen LogP contribution is -2.42. The Hall–Kier alpha value is -3.95. The van der Waals surface area contributed by atoms with Gasteiger partial charge in [-0.2, -0.15) is 13.2 Å². The second kappa shape index (κ2) is 14.4. The number of hydrogen-bond acceptors (Lipinski definition) is 5. The molecule has 1 saturated carbocycles. The molecule has 2 unspecified atom stereocenters. The summed E-state index contributed by atoms with van der Waals surface area (Å²) in [5.74, 6) is 1.46. The minimum atomic E-state index is -4.62. The summed E-state index contributed by atoms with van der Waals surface area (Å²) in [6, 6.07) is 9.17. The number of fused-ring (bicyclic) bond motifs is 1. The van der Waals surface area contributed by atoms with E-state index in [2.05, 4.69) is 47.3 Å². The number of imidazole rings is 1. The number of pyridine rings is 1. The number of aryl methyl sites for hydroxylation is 1. The summed E-state index contributed by atoms with van der Waals surface area (Å²) in [5.41, 5.74) is 8.96. The van der Waals surface area contributed by atoms with Crippen LogP contribution in [0.2, 0.25) is 0 Å². The number of carbonyl (C=O) groups is 2. The summed E-state index contributed by atoms with van der Waals surface area (Å²) in [4.78, 5) is 34.4. The van der Waals surface area contributed by atoms with Gasteiger partial charge < -0.3 is 15.2 Å². The minimum absolute atomic E-state index is 0.0109. The SMILES string of the molecule is C=CC(=O)C(C)CC.CCCc1nc(-c2ccc(C3CCC3)cc2)n2c1C(CC)N(C(=O)c1cnc(C(F)(F)F)cc1N)CC2. The predicted octanol–water partition coefficient (Wildman–Crippen LogP) is 8.16. The number of nitrogens with two attached hydrogens (primary N) is 1. The summed E-state index contributed by atoms with van der Waals surface area (Å²) >= 11 is 0. The molecule has 45 heavy (non-hydrogen) atoms. The highest BCUT2D eigenvalue weighted by Crippen LogP contribution is 2.39. The zero-order chi connectivity index (χ0) is 32.9. The zero-order valence-corrected chi connectivity index (χ0v) is 26.7. The van der Waals surface area contributed by atoms with Crippen LogP contribution in [0.4, 0.5) is 18.9 Å². The number of allylic oxidation sites excluding steroid dienone is 1. The smallest absolute Gasteiger partial charge is 0.398 e. The Balaban J connectivity index is 0.000000510. The standard InChI is InChI=1S/C28H32F3N5O.C7H12O/c1-3-6-22-25-23(4-2)35(27(37)20-16-33-24(15-21(20)32)28(29,30)31)13-14-36(25)26(34-22)19-11-9-18(10-12-19)17-7-5-8-17;1-4-6(3)7(8)5-2/h9-12,15-17,23H,3-8,13-14H2,1-2H3,(H2,32,33);5-6H,2,4H2,1,3H3. The molecular weight excluding hydrogens is 579 g/mol. The topological polar surface area (TPSA) is 94.1 Å². The van der Waals surface area contributed by atoms with E-state index in [1.165, 1.54) is 30.9 Å². The monoisotopic (exact) mass is 623 g/mol. The van der Waals surface area contributed by atoms with Crippen molar-refractivity contribution in [3.8, 4) is 11.4 Å².